The van der Waals surface area contributed by atoms with Crippen molar-refractivity contribution >= 4 is 23.5 Å². The maximum atomic E-state index is 11.8. The number of thioether (sulfide) groups is 1. The SMILES string of the molecule is CSCC[C@@H](N)C(=O)Nc1ccnn1C(C)C. The van der Waals surface area contributed by atoms with Gasteiger partial charge in [0, 0.05) is 12.1 Å². The van der Waals surface area contributed by atoms with E-state index >= 15 is 0 Å². The molecular weight excluding hydrogens is 236 g/mol. The Morgan fingerprint density at radius 3 is 2.94 bits per heavy atom. The molecule has 1 aromatic heterocycles. The Morgan fingerprint density at radius 1 is 1.65 bits per heavy atom. The molecule has 0 unspecified atom stereocenters. The molecule has 1 amide bonds. The number of hydrogen-bond acceptors (Lipinski definition) is 4. The molecule has 0 aromatic carbocycles. The molecule has 1 atom stereocenters. The second-order valence-electron chi connectivity index (χ2n) is 4.13. The summed E-state index contributed by atoms with van der Waals surface area (Å²) in [4.78, 5) is 11.8. The van der Waals surface area contributed by atoms with E-state index in [0.717, 1.165) is 5.75 Å². The van der Waals surface area contributed by atoms with E-state index in [9.17, 15) is 4.79 Å². The van der Waals surface area contributed by atoms with Crippen molar-refractivity contribution in [3.8, 4) is 0 Å². The van der Waals surface area contributed by atoms with Crippen molar-refractivity contribution in [3.63, 3.8) is 0 Å². The van der Waals surface area contributed by atoms with E-state index in [2.05, 4.69) is 10.4 Å². The Balaban J connectivity index is 2.58. The molecule has 0 radical (unpaired) electrons. The fraction of sp³-hybridized carbons (Fsp3) is 0.636. The minimum Gasteiger partial charge on any atom is -0.320 e. The van der Waals surface area contributed by atoms with Gasteiger partial charge in [-0.2, -0.15) is 16.9 Å². The molecule has 0 aliphatic heterocycles. The maximum absolute atomic E-state index is 11.8. The predicted octanol–water partition coefficient (Wildman–Crippen LogP) is 1.48. The minimum atomic E-state index is -0.460. The molecule has 0 spiro atoms. The van der Waals surface area contributed by atoms with Gasteiger partial charge < -0.3 is 11.1 Å². The number of nitrogens with one attached hydrogen (secondary N) is 1. The van der Waals surface area contributed by atoms with Crippen LogP contribution in [0.1, 0.15) is 26.3 Å². The van der Waals surface area contributed by atoms with Gasteiger partial charge in [0.1, 0.15) is 5.82 Å². The van der Waals surface area contributed by atoms with Crippen LogP contribution in [-0.4, -0.2) is 33.7 Å². The Labute approximate surface area is 106 Å². The Morgan fingerprint density at radius 2 is 2.35 bits per heavy atom. The van der Waals surface area contributed by atoms with Gasteiger partial charge in [-0.15, -0.1) is 0 Å². The molecular formula is C11H20N4OS. The van der Waals surface area contributed by atoms with E-state index in [1.807, 2.05) is 20.1 Å². The van der Waals surface area contributed by atoms with Crippen LogP contribution in [-0.2, 0) is 4.79 Å². The zero-order valence-corrected chi connectivity index (χ0v) is 11.3. The highest BCUT2D eigenvalue weighted by atomic mass is 32.2. The van der Waals surface area contributed by atoms with Crippen LogP contribution in [0.4, 0.5) is 5.82 Å². The number of nitrogens with two attached hydrogens (primary N) is 1. The van der Waals surface area contributed by atoms with Gasteiger partial charge in [-0.25, -0.2) is 4.68 Å². The Bertz CT molecular complexity index is 364. The first-order chi connectivity index (χ1) is 8.06. The van der Waals surface area contributed by atoms with E-state index in [1.165, 1.54) is 0 Å². The summed E-state index contributed by atoms with van der Waals surface area (Å²) in [6.07, 6.45) is 4.35. The van der Waals surface area contributed by atoms with E-state index in [-0.39, 0.29) is 11.9 Å². The number of carbonyl (C=O) groups is 1. The summed E-state index contributed by atoms with van der Waals surface area (Å²) in [6.45, 7) is 4.02. The molecule has 96 valence electrons. The summed E-state index contributed by atoms with van der Waals surface area (Å²) in [6, 6.07) is 1.53. The third-order valence-corrected chi connectivity index (χ3v) is 3.02. The third-order valence-electron chi connectivity index (χ3n) is 2.38. The molecule has 0 saturated carbocycles. The Hall–Kier alpha value is -1.01. The van der Waals surface area contributed by atoms with Crippen LogP contribution >= 0.6 is 11.8 Å². The summed E-state index contributed by atoms with van der Waals surface area (Å²) in [5, 5.41) is 6.96. The fourth-order valence-corrected chi connectivity index (χ4v) is 1.91. The van der Waals surface area contributed by atoms with Crippen molar-refractivity contribution in [2.24, 2.45) is 5.73 Å². The average molecular weight is 256 g/mol. The zero-order valence-electron chi connectivity index (χ0n) is 10.5. The lowest BCUT2D eigenvalue weighted by Crippen LogP contribution is -2.36. The molecule has 0 fully saturated rings. The second-order valence-corrected chi connectivity index (χ2v) is 5.12. The van der Waals surface area contributed by atoms with Crippen molar-refractivity contribution in [2.75, 3.05) is 17.3 Å². The Kier molecular flexibility index (Phi) is 5.50. The monoisotopic (exact) mass is 256 g/mol. The number of aromatic nitrogens is 2. The largest absolute Gasteiger partial charge is 0.320 e. The molecule has 5 nitrogen and oxygen atoms in total. The number of nitrogens with zero attached hydrogens (tertiary/aromatic N) is 2. The summed E-state index contributed by atoms with van der Waals surface area (Å²) in [7, 11) is 0. The van der Waals surface area contributed by atoms with Crippen molar-refractivity contribution in [2.45, 2.75) is 32.4 Å². The van der Waals surface area contributed by atoms with Crippen LogP contribution in [0.25, 0.3) is 0 Å². The van der Waals surface area contributed by atoms with Gasteiger partial charge in [0.15, 0.2) is 0 Å². The van der Waals surface area contributed by atoms with Gasteiger partial charge in [0.25, 0.3) is 0 Å². The van der Waals surface area contributed by atoms with Gasteiger partial charge in [-0.3, -0.25) is 4.79 Å². The number of carbonyl (C=O) groups excluding carboxylic acids is 1. The van der Waals surface area contributed by atoms with Gasteiger partial charge in [0.05, 0.1) is 12.2 Å². The molecule has 0 bridgehead atoms. The number of hydrogen-bond donors (Lipinski definition) is 2. The summed E-state index contributed by atoms with van der Waals surface area (Å²) in [5.74, 6) is 1.43. The van der Waals surface area contributed by atoms with Crippen molar-refractivity contribution in [3.05, 3.63) is 12.3 Å². The standard InChI is InChI=1S/C11H20N4OS/c1-8(2)15-10(4-6-13-15)14-11(16)9(12)5-7-17-3/h4,6,8-9H,5,7,12H2,1-3H3,(H,14,16)/t9-/m1/s1. The predicted molar refractivity (Wildman–Crippen MR) is 72.2 cm³/mol. The summed E-state index contributed by atoms with van der Waals surface area (Å²) in [5.41, 5.74) is 5.79. The first kappa shape index (κ1) is 14.1. The van der Waals surface area contributed by atoms with Crippen LogP contribution < -0.4 is 11.1 Å². The molecule has 0 saturated heterocycles. The zero-order chi connectivity index (χ0) is 12.8. The van der Waals surface area contributed by atoms with Crippen LogP contribution in [0.5, 0.6) is 0 Å². The van der Waals surface area contributed by atoms with Crippen molar-refractivity contribution in [1.29, 1.82) is 0 Å². The highest BCUT2D eigenvalue weighted by Crippen LogP contribution is 2.13. The quantitative estimate of drug-likeness (QED) is 0.808. The highest BCUT2D eigenvalue weighted by molar-refractivity contribution is 7.98. The maximum Gasteiger partial charge on any atom is 0.242 e. The molecule has 6 heteroatoms. The lowest BCUT2D eigenvalue weighted by molar-refractivity contribution is -0.117. The molecule has 1 heterocycles. The smallest absolute Gasteiger partial charge is 0.242 e. The van der Waals surface area contributed by atoms with Crippen molar-refractivity contribution in [1.82, 2.24) is 9.78 Å². The van der Waals surface area contributed by atoms with E-state index in [4.69, 9.17) is 5.73 Å². The van der Waals surface area contributed by atoms with Gasteiger partial charge in [-0.1, -0.05) is 0 Å². The van der Waals surface area contributed by atoms with Crippen molar-refractivity contribution < 1.29 is 4.79 Å². The highest BCUT2D eigenvalue weighted by Gasteiger charge is 2.15. The van der Waals surface area contributed by atoms with E-state index in [1.54, 1.807) is 28.7 Å². The first-order valence-electron chi connectivity index (χ1n) is 5.65. The molecule has 17 heavy (non-hydrogen) atoms. The molecule has 0 aliphatic carbocycles. The van der Waals surface area contributed by atoms with E-state index in [0.29, 0.717) is 12.2 Å². The topological polar surface area (TPSA) is 72.9 Å². The molecule has 0 aliphatic rings. The summed E-state index contributed by atoms with van der Waals surface area (Å²) >= 11 is 1.69. The lowest BCUT2D eigenvalue weighted by atomic mass is 10.2. The minimum absolute atomic E-state index is 0.151. The molecule has 1 aromatic rings. The number of rotatable bonds is 6. The average Bonchev–Trinajstić information content (AvgIpc) is 2.73. The van der Waals surface area contributed by atoms with Crippen LogP contribution in [0.15, 0.2) is 12.3 Å². The summed E-state index contributed by atoms with van der Waals surface area (Å²) < 4.78 is 1.76. The number of anilines is 1. The van der Waals surface area contributed by atoms with Crippen LogP contribution in [0, 0.1) is 0 Å². The third kappa shape index (κ3) is 4.05. The fourth-order valence-electron chi connectivity index (χ4n) is 1.42. The van der Waals surface area contributed by atoms with Gasteiger partial charge >= 0.3 is 0 Å². The first-order valence-corrected chi connectivity index (χ1v) is 7.04. The van der Waals surface area contributed by atoms with Gasteiger partial charge in [-0.05, 0) is 32.3 Å². The van der Waals surface area contributed by atoms with Crippen LogP contribution in [0.3, 0.4) is 0 Å². The van der Waals surface area contributed by atoms with Gasteiger partial charge in [0.2, 0.25) is 5.91 Å². The second kappa shape index (κ2) is 6.66. The molecule has 1 rings (SSSR count). The van der Waals surface area contributed by atoms with E-state index < -0.39 is 6.04 Å². The normalized spacial score (nSPS) is 12.8. The number of amides is 1. The molecule has 3 N–H and O–H groups in total. The lowest BCUT2D eigenvalue weighted by Gasteiger charge is -2.14. The van der Waals surface area contributed by atoms with Crippen LogP contribution in [0.2, 0.25) is 0 Å².